The van der Waals surface area contributed by atoms with Crippen LogP contribution in [0.15, 0.2) is 41.2 Å². The topological polar surface area (TPSA) is 95.3 Å². The third-order valence-electron chi connectivity index (χ3n) is 3.28. The number of benzene rings is 1. The van der Waals surface area contributed by atoms with E-state index in [2.05, 4.69) is 20.5 Å². The average molecular weight is 285 g/mol. The molecule has 108 valence electrons. The second-order valence-electron chi connectivity index (χ2n) is 4.70. The Morgan fingerprint density at radius 3 is 2.86 bits per heavy atom. The van der Waals surface area contributed by atoms with E-state index in [4.69, 9.17) is 0 Å². The third-order valence-corrected chi connectivity index (χ3v) is 3.28. The number of H-pyrrole nitrogens is 1. The van der Waals surface area contributed by atoms with E-state index in [0.717, 1.165) is 5.56 Å². The second-order valence-corrected chi connectivity index (χ2v) is 4.70. The number of aromatic nitrogens is 4. The highest BCUT2D eigenvalue weighted by Crippen LogP contribution is 2.18. The van der Waals surface area contributed by atoms with Crippen LogP contribution in [0.4, 0.5) is 5.82 Å². The predicted molar refractivity (Wildman–Crippen MR) is 78.2 cm³/mol. The van der Waals surface area contributed by atoms with E-state index in [1.807, 2.05) is 30.3 Å². The van der Waals surface area contributed by atoms with E-state index < -0.39 is 0 Å². The van der Waals surface area contributed by atoms with Gasteiger partial charge in [-0.15, -0.1) is 0 Å². The van der Waals surface area contributed by atoms with Gasteiger partial charge in [0.25, 0.3) is 0 Å². The van der Waals surface area contributed by atoms with Gasteiger partial charge >= 0.3 is 5.69 Å². The van der Waals surface area contributed by atoms with Crippen molar-refractivity contribution in [1.29, 1.82) is 0 Å². The molecule has 0 bridgehead atoms. The number of anilines is 1. The summed E-state index contributed by atoms with van der Waals surface area (Å²) in [5.74, 6) is 1.08. The van der Waals surface area contributed by atoms with Crippen molar-refractivity contribution in [3.8, 4) is 0 Å². The Labute approximate surface area is 120 Å². The lowest BCUT2D eigenvalue weighted by Gasteiger charge is -2.17. The number of rotatable bonds is 4. The number of aromatic amines is 1. The van der Waals surface area contributed by atoms with Gasteiger partial charge in [0.15, 0.2) is 5.65 Å². The van der Waals surface area contributed by atoms with Crippen molar-refractivity contribution in [3.05, 3.63) is 58.3 Å². The summed E-state index contributed by atoms with van der Waals surface area (Å²) in [4.78, 5) is 15.9. The van der Waals surface area contributed by atoms with Gasteiger partial charge in [-0.05, 0) is 12.5 Å². The minimum Gasteiger partial charge on any atom is -0.394 e. The van der Waals surface area contributed by atoms with Crippen LogP contribution < -0.4 is 11.0 Å². The highest BCUT2D eigenvalue weighted by atomic mass is 16.3. The van der Waals surface area contributed by atoms with E-state index in [9.17, 15) is 9.90 Å². The Balaban J connectivity index is 1.95. The number of nitrogens with zero attached hydrogens (tertiary/aromatic N) is 3. The van der Waals surface area contributed by atoms with Crippen LogP contribution >= 0.6 is 0 Å². The van der Waals surface area contributed by atoms with Crippen LogP contribution in [0, 0.1) is 6.92 Å². The maximum Gasteiger partial charge on any atom is 0.349 e. The number of aliphatic hydroxyl groups excluding tert-OH is 1. The molecule has 1 aromatic carbocycles. The highest BCUT2D eigenvalue weighted by Gasteiger charge is 2.13. The van der Waals surface area contributed by atoms with Gasteiger partial charge in [0, 0.05) is 6.07 Å². The minimum atomic E-state index is -0.316. The molecule has 2 aromatic heterocycles. The van der Waals surface area contributed by atoms with E-state index in [1.165, 1.54) is 4.40 Å². The van der Waals surface area contributed by atoms with Gasteiger partial charge in [-0.2, -0.15) is 5.10 Å². The van der Waals surface area contributed by atoms with Crippen LogP contribution in [0.5, 0.6) is 0 Å². The smallest absolute Gasteiger partial charge is 0.349 e. The van der Waals surface area contributed by atoms with Gasteiger partial charge in [-0.1, -0.05) is 30.3 Å². The predicted octanol–water partition coefficient (Wildman–Crippen LogP) is 0.872. The lowest BCUT2D eigenvalue weighted by molar-refractivity contribution is 0.276. The molecule has 0 aliphatic rings. The maximum absolute atomic E-state index is 11.6. The highest BCUT2D eigenvalue weighted by molar-refractivity contribution is 5.50. The van der Waals surface area contributed by atoms with Crippen molar-refractivity contribution in [2.45, 2.75) is 13.0 Å². The average Bonchev–Trinajstić information content (AvgIpc) is 2.87. The van der Waals surface area contributed by atoms with E-state index in [0.29, 0.717) is 17.3 Å². The molecule has 7 heteroatoms. The molecule has 7 nitrogen and oxygen atoms in total. The molecular formula is C14H15N5O2. The zero-order valence-electron chi connectivity index (χ0n) is 11.4. The molecule has 2 heterocycles. The summed E-state index contributed by atoms with van der Waals surface area (Å²) in [6, 6.07) is 11.0. The summed E-state index contributed by atoms with van der Waals surface area (Å²) < 4.78 is 1.39. The van der Waals surface area contributed by atoms with Crippen LogP contribution in [-0.4, -0.2) is 31.3 Å². The summed E-state index contributed by atoms with van der Waals surface area (Å²) in [5, 5.41) is 19.0. The fraction of sp³-hybridized carbons (Fsp3) is 0.214. The molecule has 0 saturated carbocycles. The zero-order valence-corrected chi connectivity index (χ0v) is 11.4. The molecule has 0 aliphatic heterocycles. The molecule has 0 spiro atoms. The first-order valence-electron chi connectivity index (χ1n) is 6.56. The lowest BCUT2D eigenvalue weighted by atomic mass is 10.1. The molecule has 1 atom stereocenters. The Bertz CT molecular complexity index is 809. The van der Waals surface area contributed by atoms with Gasteiger partial charge in [-0.3, -0.25) is 0 Å². The first-order valence-corrected chi connectivity index (χ1v) is 6.56. The lowest BCUT2D eigenvalue weighted by Crippen LogP contribution is -2.18. The number of aliphatic hydroxyl groups is 1. The Kier molecular flexibility index (Phi) is 3.41. The van der Waals surface area contributed by atoms with Crippen LogP contribution in [-0.2, 0) is 0 Å². The van der Waals surface area contributed by atoms with Gasteiger partial charge < -0.3 is 10.4 Å². The fourth-order valence-electron chi connectivity index (χ4n) is 2.27. The van der Waals surface area contributed by atoms with Crippen LogP contribution in [0.1, 0.15) is 17.4 Å². The van der Waals surface area contributed by atoms with E-state index in [1.54, 1.807) is 13.0 Å². The van der Waals surface area contributed by atoms with Crippen molar-refractivity contribution in [3.63, 3.8) is 0 Å². The number of hydrogen-bond donors (Lipinski definition) is 3. The van der Waals surface area contributed by atoms with Crippen LogP contribution in [0.25, 0.3) is 5.65 Å². The molecule has 21 heavy (non-hydrogen) atoms. The monoisotopic (exact) mass is 285 g/mol. The summed E-state index contributed by atoms with van der Waals surface area (Å²) in [6.07, 6.45) is 0. The molecule has 0 saturated heterocycles. The van der Waals surface area contributed by atoms with E-state index >= 15 is 0 Å². The van der Waals surface area contributed by atoms with Crippen molar-refractivity contribution in [1.82, 2.24) is 19.6 Å². The Hall–Kier alpha value is -2.67. The molecule has 0 aliphatic carbocycles. The van der Waals surface area contributed by atoms with Crippen molar-refractivity contribution >= 4 is 11.5 Å². The number of fused-ring (bicyclic) bond motifs is 1. The number of aryl methyl sites for hydroxylation is 1. The molecule has 3 N–H and O–H groups in total. The van der Waals surface area contributed by atoms with Gasteiger partial charge in [0.1, 0.15) is 11.6 Å². The van der Waals surface area contributed by atoms with Crippen LogP contribution in [0.2, 0.25) is 0 Å². The molecule has 1 unspecified atom stereocenters. The molecule has 3 rings (SSSR count). The normalized spacial score (nSPS) is 12.5. The maximum atomic E-state index is 11.6. The minimum absolute atomic E-state index is 0.0662. The zero-order chi connectivity index (χ0) is 14.8. The van der Waals surface area contributed by atoms with Gasteiger partial charge in [0.05, 0.1) is 12.6 Å². The van der Waals surface area contributed by atoms with E-state index in [-0.39, 0.29) is 18.3 Å². The largest absolute Gasteiger partial charge is 0.394 e. The molecule has 0 radical (unpaired) electrons. The summed E-state index contributed by atoms with van der Waals surface area (Å²) in [7, 11) is 0. The molecular weight excluding hydrogens is 270 g/mol. The summed E-state index contributed by atoms with van der Waals surface area (Å²) in [6.45, 7) is 1.66. The van der Waals surface area contributed by atoms with Crippen LogP contribution in [0.3, 0.4) is 0 Å². The standard InChI is InChI=1S/C14H15N5O2/c1-9-15-12(7-13-17-18-14(21)19(9)13)16-11(8-20)10-5-3-2-4-6-10/h2-7,11,16,20H,8H2,1H3,(H,18,21). The number of hydrogen-bond acceptors (Lipinski definition) is 5. The summed E-state index contributed by atoms with van der Waals surface area (Å²) >= 11 is 0. The molecule has 0 amide bonds. The first kappa shape index (κ1) is 13.3. The van der Waals surface area contributed by atoms with Gasteiger partial charge in [-0.25, -0.2) is 19.3 Å². The quantitative estimate of drug-likeness (QED) is 0.661. The van der Waals surface area contributed by atoms with Crippen molar-refractivity contribution in [2.24, 2.45) is 0 Å². The Morgan fingerprint density at radius 2 is 2.14 bits per heavy atom. The first-order chi connectivity index (χ1) is 10.2. The Morgan fingerprint density at radius 1 is 1.38 bits per heavy atom. The SMILES string of the molecule is Cc1nc(NC(CO)c2ccccc2)cc2n[nH]c(=O)n12. The fourth-order valence-corrected chi connectivity index (χ4v) is 2.27. The van der Waals surface area contributed by atoms with Crippen molar-refractivity contribution in [2.75, 3.05) is 11.9 Å². The molecule has 3 aromatic rings. The summed E-state index contributed by atoms with van der Waals surface area (Å²) in [5.41, 5.74) is 1.13. The second kappa shape index (κ2) is 5.37. The number of nitrogens with one attached hydrogen (secondary N) is 2. The molecule has 0 fully saturated rings. The van der Waals surface area contributed by atoms with Gasteiger partial charge in [0.2, 0.25) is 0 Å². The third kappa shape index (κ3) is 2.50. The van der Waals surface area contributed by atoms with Crippen molar-refractivity contribution < 1.29 is 5.11 Å².